The standard InChI is InChI=1S/C20H25N3O4/c1-13-5-6-17-18(23(13)20(25)26)8-7-16(19(17)27-15-3-2-4-15)14-11-21-22(12-14)9-10-24/h7-8,11-13,15,24H,2-6,9-10H2,1H3,(H,25,26)/t13-/m0/s1. The van der Waals surface area contributed by atoms with Gasteiger partial charge in [0.05, 0.1) is 31.1 Å². The maximum atomic E-state index is 11.8. The number of aromatic nitrogens is 2. The van der Waals surface area contributed by atoms with Crippen LogP contribution in [0.25, 0.3) is 11.1 Å². The molecule has 0 radical (unpaired) electrons. The maximum absolute atomic E-state index is 11.8. The van der Waals surface area contributed by atoms with E-state index in [1.165, 1.54) is 11.3 Å². The van der Waals surface area contributed by atoms with Gasteiger partial charge in [-0.05, 0) is 51.2 Å². The zero-order valence-electron chi connectivity index (χ0n) is 15.5. The Bertz CT molecular complexity index is 844. The molecule has 2 heterocycles. The SMILES string of the molecule is C[C@H]1CCc2c(ccc(-c3cnn(CCO)c3)c2OC2CCC2)N1C(=O)O. The van der Waals surface area contributed by atoms with Gasteiger partial charge in [-0.2, -0.15) is 5.10 Å². The number of aliphatic hydroxyl groups is 1. The molecule has 2 aromatic rings. The second kappa shape index (κ2) is 7.23. The molecule has 1 fully saturated rings. The third kappa shape index (κ3) is 3.27. The average Bonchev–Trinajstić information content (AvgIpc) is 3.06. The summed E-state index contributed by atoms with van der Waals surface area (Å²) in [6.45, 7) is 2.41. The minimum atomic E-state index is -0.929. The first-order chi connectivity index (χ1) is 13.1. The Balaban J connectivity index is 1.80. The fraction of sp³-hybridized carbons (Fsp3) is 0.500. The highest BCUT2D eigenvalue weighted by Gasteiger charge is 2.32. The Hall–Kier alpha value is -2.54. The topological polar surface area (TPSA) is 87.8 Å². The van der Waals surface area contributed by atoms with E-state index in [2.05, 4.69) is 5.10 Å². The normalized spacial score (nSPS) is 19.5. The first-order valence-corrected chi connectivity index (χ1v) is 9.57. The van der Waals surface area contributed by atoms with E-state index >= 15 is 0 Å². The first kappa shape index (κ1) is 17.9. The second-order valence-corrected chi connectivity index (χ2v) is 7.37. The maximum Gasteiger partial charge on any atom is 0.412 e. The smallest absolute Gasteiger partial charge is 0.412 e. The molecule has 1 aromatic carbocycles. The second-order valence-electron chi connectivity index (χ2n) is 7.37. The van der Waals surface area contributed by atoms with Crippen LogP contribution in [0, 0.1) is 0 Å². The van der Waals surface area contributed by atoms with Crippen molar-refractivity contribution in [3.8, 4) is 16.9 Å². The number of aliphatic hydroxyl groups excluding tert-OH is 1. The third-order valence-electron chi connectivity index (χ3n) is 5.56. The summed E-state index contributed by atoms with van der Waals surface area (Å²) in [5.41, 5.74) is 3.54. The Labute approximate surface area is 158 Å². The summed E-state index contributed by atoms with van der Waals surface area (Å²) in [5.74, 6) is 0.791. The quantitative estimate of drug-likeness (QED) is 0.842. The van der Waals surface area contributed by atoms with Gasteiger partial charge in [0.15, 0.2) is 0 Å². The Kier molecular flexibility index (Phi) is 4.78. The van der Waals surface area contributed by atoms with Crippen molar-refractivity contribution in [1.82, 2.24) is 9.78 Å². The molecule has 27 heavy (non-hydrogen) atoms. The van der Waals surface area contributed by atoms with Gasteiger partial charge in [-0.25, -0.2) is 4.79 Å². The van der Waals surface area contributed by atoms with E-state index in [9.17, 15) is 9.90 Å². The highest BCUT2D eigenvalue weighted by molar-refractivity contribution is 5.91. The number of carboxylic acid groups (broad SMARTS) is 1. The summed E-state index contributed by atoms with van der Waals surface area (Å²) in [6.07, 6.45) is 7.73. The van der Waals surface area contributed by atoms with Crippen molar-refractivity contribution in [2.24, 2.45) is 0 Å². The molecule has 0 bridgehead atoms. The molecule has 144 valence electrons. The summed E-state index contributed by atoms with van der Waals surface area (Å²) in [6, 6.07) is 3.76. The summed E-state index contributed by atoms with van der Waals surface area (Å²) in [7, 11) is 0. The van der Waals surface area contributed by atoms with Gasteiger partial charge in [-0.15, -0.1) is 0 Å². The summed E-state index contributed by atoms with van der Waals surface area (Å²) < 4.78 is 8.06. The molecule has 4 rings (SSSR count). The van der Waals surface area contributed by atoms with Crippen LogP contribution >= 0.6 is 0 Å². The first-order valence-electron chi connectivity index (χ1n) is 9.57. The molecule has 2 N–H and O–H groups in total. The summed E-state index contributed by atoms with van der Waals surface area (Å²) >= 11 is 0. The van der Waals surface area contributed by atoms with Crippen LogP contribution in [0.3, 0.4) is 0 Å². The van der Waals surface area contributed by atoms with Crippen molar-refractivity contribution in [2.45, 2.75) is 57.7 Å². The molecule has 1 aromatic heterocycles. The fourth-order valence-electron chi connectivity index (χ4n) is 3.84. The Morgan fingerprint density at radius 2 is 2.15 bits per heavy atom. The zero-order valence-corrected chi connectivity index (χ0v) is 15.5. The predicted octanol–water partition coefficient (Wildman–Crippen LogP) is 3.29. The van der Waals surface area contributed by atoms with Gasteiger partial charge in [0.2, 0.25) is 0 Å². The third-order valence-corrected chi connectivity index (χ3v) is 5.56. The molecular formula is C20H25N3O4. The lowest BCUT2D eigenvalue weighted by molar-refractivity contribution is 0.119. The molecule has 7 heteroatoms. The lowest BCUT2D eigenvalue weighted by Crippen LogP contribution is -2.41. The number of hydrogen-bond acceptors (Lipinski definition) is 4. The minimum Gasteiger partial charge on any atom is -0.489 e. The molecule has 7 nitrogen and oxygen atoms in total. The number of nitrogens with zero attached hydrogens (tertiary/aromatic N) is 3. The molecule has 0 spiro atoms. The van der Waals surface area contributed by atoms with Crippen molar-refractivity contribution in [1.29, 1.82) is 0 Å². The van der Waals surface area contributed by atoms with Gasteiger partial charge in [-0.3, -0.25) is 9.58 Å². The van der Waals surface area contributed by atoms with E-state index in [1.807, 2.05) is 25.3 Å². The molecule has 1 aliphatic heterocycles. The number of hydrogen-bond donors (Lipinski definition) is 2. The van der Waals surface area contributed by atoms with Gasteiger partial charge in [0.25, 0.3) is 0 Å². The van der Waals surface area contributed by atoms with Crippen molar-refractivity contribution >= 4 is 11.8 Å². The van der Waals surface area contributed by atoms with Crippen LogP contribution in [0.1, 0.15) is 38.2 Å². The highest BCUT2D eigenvalue weighted by atomic mass is 16.5. The average molecular weight is 371 g/mol. The van der Waals surface area contributed by atoms with Crippen LogP contribution in [0.2, 0.25) is 0 Å². The monoisotopic (exact) mass is 371 g/mol. The molecule has 0 saturated heterocycles. The minimum absolute atomic E-state index is 0.0300. The van der Waals surface area contributed by atoms with Crippen LogP contribution in [-0.4, -0.2) is 44.8 Å². The number of rotatable bonds is 5. The molecule has 1 atom stereocenters. The van der Waals surface area contributed by atoms with Gasteiger partial charge in [-0.1, -0.05) is 0 Å². The Morgan fingerprint density at radius 1 is 1.33 bits per heavy atom. The molecule has 2 aliphatic rings. The van der Waals surface area contributed by atoms with E-state index < -0.39 is 6.09 Å². The van der Waals surface area contributed by atoms with Crippen LogP contribution in [0.15, 0.2) is 24.5 Å². The van der Waals surface area contributed by atoms with Gasteiger partial charge in [0, 0.05) is 28.9 Å². The van der Waals surface area contributed by atoms with E-state index in [1.54, 1.807) is 10.9 Å². The fourth-order valence-corrected chi connectivity index (χ4v) is 3.84. The van der Waals surface area contributed by atoms with Gasteiger partial charge in [0.1, 0.15) is 5.75 Å². The van der Waals surface area contributed by atoms with Gasteiger partial charge < -0.3 is 14.9 Å². The van der Waals surface area contributed by atoms with Crippen molar-refractivity contribution in [2.75, 3.05) is 11.5 Å². The zero-order chi connectivity index (χ0) is 19.0. The van der Waals surface area contributed by atoms with E-state index in [-0.39, 0.29) is 18.8 Å². The Morgan fingerprint density at radius 3 is 2.81 bits per heavy atom. The highest BCUT2D eigenvalue weighted by Crippen LogP contribution is 2.44. The lowest BCUT2D eigenvalue weighted by Gasteiger charge is -2.36. The van der Waals surface area contributed by atoms with Crippen molar-refractivity contribution in [3.05, 3.63) is 30.1 Å². The van der Waals surface area contributed by atoms with E-state index in [0.717, 1.165) is 53.8 Å². The van der Waals surface area contributed by atoms with Crippen LogP contribution in [0.4, 0.5) is 10.5 Å². The number of ether oxygens (including phenoxy) is 1. The van der Waals surface area contributed by atoms with Crippen LogP contribution in [-0.2, 0) is 13.0 Å². The molecule has 1 amide bonds. The summed E-state index contributed by atoms with van der Waals surface area (Å²) in [5, 5.41) is 23.1. The van der Waals surface area contributed by atoms with E-state index in [0.29, 0.717) is 6.54 Å². The summed E-state index contributed by atoms with van der Waals surface area (Å²) in [4.78, 5) is 13.3. The number of benzene rings is 1. The largest absolute Gasteiger partial charge is 0.489 e. The number of fused-ring (bicyclic) bond motifs is 1. The molecular weight excluding hydrogens is 346 g/mol. The van der Waals surface area contributed by atoms with Crippen molar-refractivity contribution < 1.29 is 19.7 Å². The lowest BCUT2D eigenvalue weighted by atomic mass is 9.91. The number of amides is 1. The van der Waals surface area contributed by atoms with Crippen LogP contribution < -0.4 is 9.64 Å². The van der Waals surface area contributed by atoms with Crippen LogP contribution in [0.5, 0.6) is 5.75 Å². The number of carbonyl (C=O) groups is 1. The van der Waals surface area contributed by atoms with Gasteiger partial charge >= 0.3 is 6.09 Å². The molecule has 0 unspecified atom stereocenters. The predicted molar refractivity (Wildman–Crippen MR) is 101 cm³/mol. The van der Waals surface area contributed by atoms with Crippen molar-refractivity contribution in [3.63, 3.8) is 0 Å². The van der Waals surface area contributed by atoms with E-state index in [4.69, 9.17) is 9.84 Å². The molecule has 1 saturated carbocycles. The molecule has 1 aliphatic carbocycles. The number of anilines is 1.